The van der Waals surface area contributed by atoms with Crippen molar-refractivity contribution in [2.24, 2.45) is 11.7 Å². The first-order valence-corrected chi connectivity index (χ1v) is 5.82. The van der Waals surface area contributed by atoms with Gasteiger partial charge in [0, 0.05) is 19.7 Å². The Balaban J connectivity index is 1.84. The Labute approximate surface area is 86.6 Å². The van der Waals surface area contributed by atoms with E-state index in [1.165, 1.54) is 32.2 Å². The number of methoxy groups -OCH3 is 1. The molecule has 2 fully saturated rings. The van der Waals surface area contributed by atoms with Crippen LogP contribution in [0.5, 0.6) is 0 Å². The maximum Gasteiger partial charge on any atom is 0.0698 e. The SMILES string of the molecule is COC1CCCN(C2CCC2CN)C1. The van der Waals surface area contributed by atoms with E-state index in [1.807, 2.05) is 7.11 Å². The number of hydrogen-bond donors (Lipinski definition) is 1. The molecule has 82 valence electrons. The monoisotopic (exact) mass is 198 g/mol. The van der Waals surface area contributed by atoms with Crippen LogP contribution in [-0.4, -0.2) is 43.8 Å². The quantitative estimate of drug-likeness (QED) is 0.730. The Hall–Kier alpha value is -0.120. The smallest absolute Gasteiger partial charge is 0.0698 e. The summed E-state index contributed by atoms with van der Waals surface area (Å²) in [6, 6.07) is 0.762. The number of likely N-dealkylation sites (tertiary alicyclic amines) is 1. The molecule has 0 aromatic rings. The fourth-order valence-corrected chi connectivity index (χ4v) is 2.77. The summed E-state index contributed by atoms with van der Waals surface area (Å²) in [4.78, 5) is 2.60. The zero-order valence-electron chi connectivity index (χ0n) is 9.11. The fraction of sp³-hybridized carbons (Fsp3) is 1.00. The Morgan fingerprint density at radius 3 is 2.79 bits per heavy atom. The highest BCUT2D eigenvalue weighted by atomic mass is 16.5. The second-order valence-corrected chi connectivity index (χ2v) is 4.64. The number of rotatable bonds is 3. The van der Waals surface area contributed by atoms with Crippen LogP contribution in [0.15, 0.2) is 0 Å². The van der Waals surface area contributed by atoms with Crippen molar-refractivity contribution in [1.29, 1.82) is 0 Å². The second-order valence-electron chi connectivity index (χ2n) is 4.64. The van der Waals surface area contributed by atoms with Crippen LogP contribution < -0.4 is 5.73 Å². The summed E-state index contributed by atoms with van der Waals surface area (Å²) in [5.74, 6) is 0.755. The average Bonchev–Trinajstić information content (AvgIpc) is 2.17. The molecule has 1 heterocycles. The largest absolute Gasteiger partial charge is 0.380 e. The van der Waals surface area contributed by atoms with Gasteiger partial charge >= 0.3 is 0 Å². The van der Waals surface area contributed by atoms with Gasteiger partial charge in [0.05, 0.1) is 6.10 Å². The summed E-state index contributed by atoms with van der Waals surface area (Å²) >= 11 is 0. The van der Waals surface area contributed by atoms with Crippen LogP contribution in [0.4, 0.5) is 0 Å². The Bertz CT molecular complexity index is 182. The van der Waals surface area contributed by atoms with Crippen molar-refractivity contribution in [3.63, 3.8) is 0 Å². The Kier molecular flexibility index (Phi) is 3.42. The van der Waals surface area contributed by atoms with Crippen molar-refractivity contribution in [2.75, 3.05) is 26.7 Å². The summed E-state index contributed by atoms with van der Waals surface area (Å²) in [6.45, 7) is 3.23. The minimum atomic E-state index is 0.461. The van der Waals surface area contributed by atoms with Crippen molar-refractivity contribution in [3.8, 4) is 0 Å². The van der Waals surface area contributed by atoms with E-state index in [1.54, 1.807) is 0 Å². The molecular formula is C11H22N2O. The van der Waals surface area contributed by atoms with Gasteiger partial charge in [-0.3, -0.25) is 4.90 Å². The van der Waals surface area contributed by atoms with Gasteiger partial charge in [0.2, 0.25) is 0 Å². The molecule has 3 heteroatoms. The minimum Gasteiger partial charge on any atom is -0.380 e. The molecule has 0 amide bonds. The van der Waals surface area contributed by atoms with Crippen molar-refractivity contribution >= 4 is 0 Å². The maximum absolute atomic E-state index is 5.74. The van der Waals surface area contributed by atoms with E-state index in [9.17, 15) is 0 Å². The van der Waals surface area contributed by atoms with Gasteiger partial charge in [-0.05, 0) is 44.7 Å². The molecule has 1 saturated carbocycles. The molecule has 0 radical (unpaired) electrons. The Morgan fingerprint density at radius 2 is 2.21 bits per heavy atom. The van der Waals surface area contributed by atoms with Gasteiger partial charge in [0.25, 0.3) is 0 Å². The van der Waals surface area contributed by atoms with Crippen LogP contribution in [0.1, 0.15) is 25.7 Å². The highest BCUT2D eigenvalue weighted by Crippen LogP contribution is 2.33. The molecule has 1 saturated heterocycles. The van der Waals surface area contributed by atoms with Gasteiger partial charge in [-0.15, -0.1) is 0 Å². The van der Waals surface area contributed by atoms with Crippen LogP contribution in [0.2, 0.25) is 0 Å². The lowest BCUT2D eigenvalue weighted by Gasteiger charge is -2.47. The molecule has 1 aliphatic carbocycles. The highest BCUT2D eigenvalue weighted by Gasteiger charge is 2.36. The molecule has 0 spiro atoms. The van der Waals surface area contributed by atoms with Crippen LogP contribution >= 0.6 is 0 Å². The molecule has 2 rings (SSSR count). The average molecular weight is 198 g/mol. The summed E-state index contributed by atoms with van der Waals surface area (Å²) in [5, 5.41) is 0. The lowest BCUT2D eigenvalue weighted by Crippen LogP contribution is -2.54. The molecule has 3 unspecified atom stereocenters. The predicted octanol–water partition coefficient (Wildman–Crippen LogP) is 0.835. The molecule has 3 nitrogen and oxygen atoms in total. The standard InChI is InChI=1S/C11H22N2O/c1-14-10-3-2-6-13(8-10)11-5-4-9(11)7-12/h9-11H,2-8,12H2,1H3. The van der Waals surface area contributed by atoms with E-state index in [0.29, 0.717) is 6.10 Å². The van der Waals surface area contributed by atoms with E-state index in [0.717, 1.165) is 25.0 Å². The first-order valence-electron chi connectivity index (χ1n) is 5.82. The zero-order chi connectivity index (χ0) is 9.97. The normalized spacial score (nSPS) is 39.4. The fourth-order valence-electron chi connectivity index (χ4n) is 2.77. The van der Waals surface area contributed by atoms with Crippen LogP contribution in [0, 0.1) is 5.92 Å². The molecule has 14 heavy (non-hydrogen) atoms. The number of nitrogens with two attached hydrogens (primary N) is 1. The lowest BCUT2D eigenvalue weighted by molar-refractivity contribution is -0.0208. The summed E-state index contributed by atoms with van der Waals surface area (Å²) in [6.07, 6.45) is 5.65. The van der Waals surface area contributed by atoms with Gasteiger partial charge in [0.15, 0.2) is 0 Å². The molecule has 3 atom stereocenters. The summed E-state index contributed by atoms with van der Waals surface area (Å²) in [5.41, 5.74) is 5.74. The maximum atomic E-state index is 5.74. The van der Waals surface area contributed by atoms with Gasteiger partial charge in [-0.1, -0.05) is 0 Å². The van der Waals surface area contributed by atoms with Crippen molar-refractivity contribution in [1.82, 2.24) is 4.90 Å². The number of hydrogen-bond acceptors (Lipinski definition) is 3. The molecular weight excluding hydrogens is 176 g/mol. The summed E-state index contributed by atoms with van der Waals surface area (Å²) in [7, 11) is 1.83. The Morgan fingerprint density at radius 1 is 1.36 bits per heavy atom. The van der Waals surface area contributed by atoms with Crippen molar-refractivity contribution in [2.45, 2.75) is 37.8 Å². The van der Waals surface area contributed by atoms with Crippen LogP contribution in [0.25, 0.3) is 0 Å². The van der Waals surface area contributed by atoms with Gasteiger partial charge in [0.1, 0.15) is 0 Å². The first-order chi connectivity index (χ1) is 6.85. The van der Waals surface area contributed by atoms with E-state index in [2.05, 4.69) is 4.90 Å². The third-order valence-electron chi connectivity index (χ3n) is 3.89. The third-order valence-corrected chi connectivity index (χ3v) is 3.89. The highest BCUT2D eigenvalue weighted by molar-refractivity contribution is 4.91. The molecule has 1 aliphatic heterocycles. The number of piperidine rings is 1. The summed E-state index contributed by atoms with van der Waals surface area (Å²) < 4.78 is 5.44. The van der Waals surface area contributed by atoms with Gasteiger partial charge in [-0.25, -0.2) is 0 Å². The molecule has 0 aromatic carbocycles. The van der Waals surface area contributed by atoms with Crippen molar-refractivity contribution in [3.05, 3.63) is 0 Å². The van der Waals surface area contributed by atoms with Crippen LogP contribution in [-0.2, 0) is 4.74 Å². The van der Waals surface area contributed by atoms with Crippen molar-refractivity contribution < 1.29 is 4.74 Å². The van der Waals surface area contributed by atoms with Gasteiger partial charge < -0.3 is 10.5 Å². The molecule has 2 N–H and O–H groups in total. The topological polar surface area (TPSA) is 38.5 Å². The van der Waals surface area contributed by atoms with E-state index < -0.39 is 0 Å². The minimum absolute atomic E-state index is 0.461. The lowest BCUT2D eigenvalue weighted by atomic mass is 9.78. The zero-order valence-corrected chi connectivity index (χ0v) is 9.11. The van der Waals surface area contributed by atoms with E-state index in [-0.39, 0.29) is 0 Å². The molecule has 0 aromatic heterocycles. The van der Waals surface area contributed by atoms with Gasteiger partial charge in [-0.2, -0.15) is 0 Å². The predicted molar refractivity (Wildman–Crippen MR) is 57.2 cm³/mol. The third kappa shape index (κ3) is 1.95. The number of ether oxygens (including phenoxy) is 1. The van der Waals surface area contributed by atoms with Crippen LogP contribution in [0.3, 0.4) is 0 Å². The molecule has 0 bridgehead atoms. The van der Waals surface area contributed by atoms with E-state index in [4.69, 9.17) is 10.5 Å². The second kappa shape index (κ2) is 4.60. The van der Waals surface area contributed by atoms with E-state index >= 15 is 0 Å². The number of nitrogens with zero attached hydrogens (tertiary/aromatic N) is 1. The first kappa shape index (κ1) is 10.4. The molecule has 2 aliphatic rings.